The number of piperidine rings is 2. The van der Waals surface area contributed by atoms with Gasteiger partial charge in [0.25, 0.3) is 0 Å². The van der Waals surface area contributed by atoms with Crippen LogP contribution in [0.5, 0.6) is 0 Å². The fraction of sp³-hybridized carbons (Fsp3) is 0.923. The molecule has 4 nitrogen and oxygen atoms in total. The molecule has 0 aliphatic carbocycles. The number of nitrogens with one attached hydrogen (secondary N) is 1. The van der Waals surface area contributed by atoms with Gasteiger partial charge in [-0.3, -0.25) is 0 Å². The van der Waals surface area contributed by atoms with Crippen molar-refractivity contribution in [3.8, 4) is 0 Å². The average Bonchev–Trinajstić information content (AvgIpc) is 2.26. The Morgan fingerprint density at radius 3 is 2.82 bits per heavy atom. The zero-order valence-corrected chi connectivity index (χ0v) is 11.2. The summed E-state index contributed by atoms with van der Waals surface area (Å²) in [6, 6.07) is 0.613. The Morgan fingerprint density at radius 2 is 2.12 bits per heavy atom. The minimum atomic E-state index is -0.390. The molecule has 0 radical (unpaired) electrons. The van der Waals surface area contributed by atoms with Gasteiger partial charge in [-0.25, -0.2) is 4.79 Å². The van der Waals surface area contributed by atoms with Crippen LogP contribution in [-0.2, 0) is 4.74 Å². The third-order valence-electron chi connectivity index (χ3n) is 3.54. The highest BCUT2D eigenvalue weighted by molar-refractivity contribution is 5.68. The average molecular weight is 240 g/mol. The molecule has 1 amide bonds. The van der Waals surface area contributed by atoms with Crippen LogP contribution in [0.4, 0.5) is 4.79 Å². The summed E-state index contributed by atoms with van der Waals surface area (Å²) in [5.41, 5.74) is -0.390. The third kappa shape index (κ3) is 3.35. The summed E-state index contributed by atoms with van der Waals surface area (Å²) in [4.78, 5) is 13.8. The predicted octanol–water partition coefficient (Wildman–Crippen LogP) is 2.00. The topological polar surface area (TPSA) is 41.6 Å². The molecule has 1 N–H and O–H groups in total. The second kappa shape index (κ2) is 4.84. The van der Waals surface area contributed by atoms with E-state index in [-0.39, 0.29) is 6.09 Å². The van der Waals surface area contributed by atoms with Gasteiger partial charge in [0.15, 0.2) is 0 Å². The Kier molecular flexibility index (Phi) is 3.61. The van der Waals surface area contributed by atoms with Crippen molar-refractivity contribution < 1.29 is 9.53 Å². The molecule has 2 heterocycles. The van der Waals surface area contributed by atoms with Gasteiger partial charge in [0.2, 0.25) is 0 Å². The first-order valence-corrected chi connectivity index (χ1v) is 6.67. The largest absolute Gasteiger partial charge is 0.444 e. The second-order valence-corrected chi connectivity index (χ2v) is 6.18. The molecule has 0 bridgehead atoms. The summed E-state index contributed by atoms with van der Waals surface area (Å²) in [5, 5.41) is 3.55. The van der Waals surface area contributed by atoms with Crippen molar-refractivity contribution in [1.29, 1.82) is 0 Å². The Morgan fingerprint density at radius 1 is 1.35 bits per heavy atom. The first-order valence-electron chi connectivity index (χ1n) is 6.67. The first kappa shape index (κ1) is 12.7. The Hall–Kier alpha value is -0.770. The van der Waals surface area contributed by atoms with Crippen LogP contribution in [0.1, 0.15) is 40.0 Å². The maximum Gasteiger partial charge on any atom is 0.410 e. The van der Waals surface area contributed by atoms with Gasteiger partial charge in [-0.2, -0.15) is 0 Å². The lowest BCUT2D eigenvalue weighted by Crippen LogP contribution is -2.54. The van der Waals surface area contributed by atoms with Crippen molar-refractivity contribution in [2.24, 2.45) is 5.92 Å². The number of fused-ring (bicyclic) bond motifs is 1. The van der Waals surface area contributed by atoms with E-state index in [2.05, 4.69) is 5.32 Å². The molecule has 0 aromatic carbocycles. The zero-order valence-electron chi connectivity index (χ0n) is 11.2. The number of rotatable bonds is 0. The molecule has 0 aromatic heterocycles. The van der Waals surface area contributed by atoms with Crippen LogP contribution < -0.4 is 5.32 Å². The molecule has 0 spiro atoms. The first-order chi connectivity index (χ1) is 7.96. The van der Waals surface area contributed by atoms with Gasteiger partial charge in [-0.15, -0.1) is 0 Å². The molecule has 2 aliphatic heterocycles. The van der Waals surface area contributed by atoms with E-state index in [0.29, 0.717) is 12.0 Å². The monoisotopic (exact) mass is 240 g/mol. The number of ether oxygens (including phenoxy) is 1. The zero-order chi connectivity index (χ0) is 12.5. The van der Waals surface area contributed by atoms with Crippen molar-refractivity contribution >= 4 is 6.09 Å². The van der Waals surface area contributed by atoms with Crippen LogP contribution in [0, 0.1) is 5.92 Å². The van der Waals surface area contributed by atoms with E-state index < -0.39 is 5.60 Å². The van der Waals surface area contributed by atoms with Gasteiger partial charge in [0, 0.05) is 19.1 Å². The number of nitrogens with zero attached hydrogens (tertiary/aromatic N) is 1. The number of carbonyl (C=O) groups is 1. The van der Waals surface area contributed by atoms with E-state index in [1.54, 1.807) is 0 Å². The summed E-state index contributed by atoms with van der Waals surface area (Å²) in [7, 11) is 0. The van der Waals surface area contributed by atoms with Crippen LogP contribution in [0.25, 0.3) is 0 Å². The second-order valence-electron chi connectivity index (χ2n) is 6.18. The quantitative estimate of drug-likeness (QED) is 0.704. The SMILES string of the molecule is CC(C)(C)OC(=O)N1CC[C@H]2NCCC[C@H]2C1. The van der Waals surface area contributed by atoms with Gasteiger partial charge < -0.3 is 15.0 Å². The molecule has 2 fully saturated rings. The summed E-state index contributed by atoms with van der Waals surface area (Å²) in [6.07, 6.45) is 3.37. The van der Waals surface area contributed by atoms with E-state index in [0.717, 1.165) is 26.1 Å². The van der Waals surface area contributed by atoms with Crippen LogP contribution >= 0.6 is 0 Å². The molecular formula is C13H24N2O2. The lowest BCUT2D eigenvalue weighted by atomic mass is 9.85. The van der Waals surface area contributed by atoms with E-state index in [1.807, 2.05) is 25.7 Å². The van der Waals surface area contributed by atoms with Gasteiger partial charge in [0.05, 0.1) is 0 Å². The summed E-state index contributed by atoms with van der Waals surface area (Å²) < 4.78 is 5.42. The van der Waals surface area contributed by atoms with Crippen molar-refractivity contribution in [2.75, 3.05) is 19.6 Å². The number of carbonyl (C=O) groups excluding carboxylic acids is 1. The molecule has 98 valence electrons. The van der Waals surface area contributed by atoms with E-state index >= 15 is 0 Å². The minimum absolute atomic E-state index is 0.151. The van der Waals surface area contributed by atoms with E-state index in [4.69, 9.17) is 4.74 Å². The smallest absolute Gasteiger partial charge is 0.410 e. The normalized spacial score (nSPS) is 29.7. The molecule has 17 heavy (non-hydrogen) atoms. The van der Waals surface area contributed by atoms with E-state index in [9.17, 15) is 4.79 Å². The van der Waals surface area contributed by atoms with Gasteiger partial charge in [-0.1, -0.05) is 0 Å². The fourth-order valence-electron chi connectivity index (χ4n) is 2.74. The van der Waals surface area contributed by atoms with Gasteiger partial charge in [-0.05, 0) is 52.5 Å². The Bertz CT molecular complexity index is 286. The molecule has 4 heteroatoms. The number of amides is 1. The van der Waals surface area contributed by atoms with Crippen molar-refractivity contribution in [2.45, 2.75) is 51.7 Å². The fourth-order valence-corrected chi connectivity index (χ4v) is 2.74. The third-order valence-corrected chi connectivity index (χ3v) is 3.54. The van der Waals surface area contributed by atoms with Crippen LogP contribution in [-0.4, -0.2) is 42.3 Å². The van der Waals surface area contributed by atoms with Crippen molar-refractivity contribution in [1.82, 2.24) is 10.2 Å². The van der Waals surface area contributed by atoms with Gasteiger partial charge >= 0.3 is 6.09 Å². The lowest BCUT2D eigenvalue weighted by Gasteiger charge is -2.41. The maximum atomic E-state index is 12.0. The molecule has 2 rings (SSSR count). The molecule has 2 aliphatic rings. The van der Waals surface area contributed by atoms with Crippen LogP contribution in [0.15, 0.2) is 0 Å². The predicted molar refractivity (Wildman–Crippen MR) is 66.9 cm³/mol. The van der Waals surface area contributed by atoms with Gasteiger partial charge in [0.1, 0.15) is 5.60 Å². The number of hydrogen-bond donors (Lipinski definition) is 1. The highest BCUT2D eigenvalue weighted by atomic mass is 16.6. The lowest BCUT2D eigenvalue weighted by molar-refractivity contribution is 0.0106. The van der Waals surface area contributed by atoms with Crippen molar-refractivity contribution in [3.05, 3.63) is 0 Å². The van der Waals surface area contributed by atoms with E-state index in [1.165, 1.54) is 12.8 Å². The van der Waals surface area contributed by atoms with Crippen molar-refractivity contribution in [3.63, 3.8) is 0 Å². The molecule has 2 atom stereocenters. The molecule has 0 unspecified atom stereocenters. The molecular weight excluding hydrogens is 216 g/mol. The van der Waals surface area contributed by atoms with Crippen LogP contribution in [0.3, 0.4) is 0 Å². The maximum absolute atomic E-state index is 12.0. The summed E-state index contributed by atoms with van der Waals surface area (Å²) in [5.74, 6) is 0.616. The number of likely N-dealkylation sites (tertiary alicyclic amines) is 1. The summed E-state index contributed by atoms with van der Waals surface area (Å²) >= 11 is 0. The molecule has 0 aromatic rings. The molecule has 2 saturated heterocycles. The Balaban J connectivity index is 1.89. The van der Waals surface area contributed by atoms with Crippen LogP contribution in [0.2, 0.25) is 0 Å². The highest BCUT2D eigenvalue weighted by Crippen LogP contribution is 2.25. The standard InChI is InChI=1S/C13H24N2O2/c1-13(2,3)17-12(16)15-8-6-11-10(9-15)5-4-7-14-11/h10-11,14H,4-9H2,1-3H3/t10-,11+/m0/s1. The minimum Gasteiger partial charge on any atom is -0.444 e. The summed E-state index contributed by atoms with van der Waals surface area (Å²) in [6.45, 7) is 8.56. The number of hydrogen-bond acceptors (Lipinski definition) is 3. The molecule has 0 saturated carbocycles. The highest BCUT2D eigenvalue weighted by Gasteiger charge is 2.34. The Labute approximate surface area is 104 Å².